The Hall–Kier alpha value is -1.71. The fourth-order valence-corrected chi connectivity index (χ4v) is 8.37. The monoisotopic (exact) mass is 476 g/mol. The lowest BCUT2D eigenvalue weighted by Gasteiger charge is -2.32. The summed E-state index contributed by atoms with van der Waals surface area (Å²) < 4.78 is 0. The van der Waals surface area contributed by atoms with Gasteiger partial charge in [-0.3, -0.25) is 0 Å². The van der Waals surface area contributed by atoms with E-state index in [9.17, 15) is 9.90 Å². The van der Waals surface area contributed by atoms with Gasteiger partial charge in [0.05, 0.1) is 0 Å². The summed E-state index contributed by atoms with van der Waals surface area (Å²) in [7, 11) is -2.32. The van der Waals surface area contributed by atoms with Crippen LogP contribution in [0, 0.1) is 0 Å². The Labute approximate surface area is 172 Å². The second kappa shape index (κ2) is 9.29. The molecule has 0 bridgehead atoms. The summed E-state index contributed by atoms with van der Waals surface area (Å²) in [6.45, 7) is 1.97. The first-order valence-corrected chi connectivity index (χ1v) is 10.4. The van der Waals surface area contributed by atoms with Crippen molar-refractivity contribution in [3.8, 4) is 0 Å². The molecule has 0 aliphatic carbocycles. The van der Waals surface area contributed by atoms with Gasteiger partial charge in [0.25, 0.3) is 0 Å². The molecule has 0 saturated carbocycles. The van der Waals surface area contributed by atoms with Crippen LogP contribution in [0.15, 0.2) is 91.0 Å². The van der Waals surface area contributed by atoms with Crippen molar-refractivity contribution in [1.29, 1.82) is 0 Å². The van der Waals surface area contributed by atoms with Crippen molar-refractivity contribution >= 4 is 29.1 Å². The topological polar surface area (TPSA) is 37.3 Å². The zero-order chi connectivity index (χ0) is 17.7. The molecule has 2 nitrogen and oxygen atoms in total. The van der Waals surface area contributed by atoms with E-state index in [1.807, 2.05) is 61.5 Å². The van der Waals surface area contributed by atoms with Crippen molar-refractivity contribution < 1.29 is 33.9 Å². The molecule has 3 rings (SSSR count). The summed E-state index contributed by atoms with van der Waals surface area (Å²) in [5.41, 5.74) is -0.459. The number of rotatable bonds is 6. The van der Waals surface area contributed by atoms with E-state index in [0.717, 1.165) is 15.9 Å². The van der Waals surface area contributed by atoms with Gasteiger partial charge in [0.1, 0.15) is 23.2 Å². The van der Waals surface area contributed by atoms with E-state index in [2.05, 4.69) is 36.4 Å². The first kappa shape index (κ1) is 20.6. The Kier molecular flexibility index (Phi) is 7.36. The Morgan fingerprint density at radius 3 is 1.31 bits per heavy atom. The number of hydrogen-bond acceptors (Lipinski definition) is 1. The molecule has 0 spiro atoms. The van der Waals surface area contributed by atoms with Crippen LogP contribution in [0.4, 0.5) is 0 Å². The molecule has 0 aliphatic rings. The fourth-order valence-electron chi connectivity index (χ4n) is 3.59. The highest BCUT2D eigenvalue weighted by molar-refractivity contribution is 7.96. The summed E-state index contributed by atoms with van der Waals surface area (Å²) >= 11 is 0. The van der Waals surface area contributed by atoms with Crippen molar-refractivity contribution in [1.82, 2.24) is 0 Å². The van der Waals surface area contributed by atoms with E-state index in [-0.39, 0.29) is 24.0 Å². The quantitative estimate of drug-likeness (QED) is 0.424. The first-order chi connectivity index (χ1) is 12.2. The molecule has 0 saturated heterocycles. The van der Waals surface area contributed by atoms with Gasteiger partial charge in [-0.25, -0.2) is 4.79 Å². The number of carboxylic acids is 1. The number of hydrogen-bond donors (Lipinski definition) is 1. The zero-order valence-corrected chi connectivity index (χ0v) is 17.7. The Morgan fingerprint density at radius 2 is 1.08 bits per heavy atom. The number of benzene rings is 3. The largest absolute Gasteiger partial charge is 1.00 e. The van der Waals surface area contributed by atoms with Crippen molar-refractivity contribution in [2.24, 2.45) is 0 Å². The standard InChI is InChI=1S/C22H21O2P.HI/c1-2-21(22(23)24)25(18-12-6-3-7-13-18,19-14-8-4-9-15-19)20-16-10-5-11-17-20;/h3-17,21H,2H2,1H3;1H. The molecular formula is C22H22IO2P. The highest BCUT2D eigenvalue weighted by Crippen LogP contribution is 2.60. The van der Waals surface area contributed by atoms with Crippen molar-refractivity contribution in [2.45, 2.75) is 19.0 Å². The molecule has 0 fully saturated rings. The highest BCUT2D eigenvalue weighted by Gasteiger charge is 2.54. The van der Waals surface area contributed by atoms with E-state index in [1.165, 1.54) is 0 Å². The van der Waals surface area contributed by atoms with Crippen LogP contribution in [0.5, 0.6) is 0 Å². The van der Waals surface area contributed by atoms with Gasteiger partial charge in [0.2, 0.25) is 0 Å². The number of carboxylic acid groups (broad SMARTS) is 1. The minimum Gasteiger partial charge on any atom is -1.00 e. The Balaban J connectivity index is 0.00000243. The van der Waals surface area contributed by atoms with Crippen LogP contribution in [0.25, 0.3) is 0 Å². The van der Waals surface area contributed by atoms with E-state index < -0.39 is 18.9 Å². The minimum absolute atomic E-state index is 0. The SMILES string of the molecule is CCC(C(=O)O)[P+](c1ccccc1)(c1ccccc1)c1ccccc1.[I-]. The van der Waals surface area contributed by atoms with Gasteiger partial charge in [0, 0.05) is 0 Å². The van der Waals surface area contributed by atoms with Gasteiger partial charge in [-0.1, -0.05) is 61.5 Å². The van der Waals surface area contributed by atoms with Gasteiger partial charge >= 0.3 is 5.97 Å². The van der Waals surface area contributed by atoms with Gasteiger partial charge in [-0.15, -0.1) is 0 Å². The molecule has 0 radical (unpaired) electrons. The third kappa shape index (κ3) is 3.70. The number of halogens is 1. The lowest BCUT2D eigenvalue weighted by molar-refractivity contribution is -0.136. The van der Waals surface area contributed by atoms with Crippen LogP contribution >= 0.6 is 7.26 Å². The number of carbonyl (C=O) groups is 1. The number of aliphatic carboxylic acids is 1. The molecule has 1 unspecified atom stereocenters. The van der Waals surface area contributed by atoms with Crippen LogP contribution in [0.1, 0.15) is 13.3 Å². The van der Waals surface area contributed by atoms with Crippen molar-refractivity contribution in [3.63, 3.8) is 0 Å². The normalized spacial score (nSPS) is 12.0. The van der Waals surface area contributed by atoms with Crippen molar-refractivity contribution in [2.75, 3.05) is 0 Å². The van der Waals surface area contributed by atoms with E-state index >= 15 is 0 Å². The predicted octanol–water partition coefficient (Wildman–Crippen LogP) is 0.848. The fraction of sp³-hybridized carbons (Fsp3) is 0.136. The highest BCUT2D eigenvalue weighted by atomic mass is 127. The molecule has 3 aromatic carbocycles. The molecule has 0 heterocycles. The molecule has 0 aliphatic heterocycles. The van der Waals surface area contributed by atoms with Crippen LogP contribution < -0.4 is 39.9 Å². The Morgan fingerprint density at radius 1 is 0.769 bits per heavy atom. The van der Waals surface area contributed by atoms with Crippen LogP contribution in [0.2, 0.25) is 0 Å². The molecular weight excluding hydrogens is 454 g/mol. The molecule has 1 atom stereocenters. The van der Waals surface area contributed by atoms with Crippen LogP contribution in [-0.4, -0.2) is 16.7 Å². The van der Waals surface area contributed by atoms with E-state index in [0.29, 0.717) is 6.42 Å². The second-order valence-electron chi connectivity index (χ2n) is 5.99. The van der Waals surface area contributed by atoms with Gasteiger partial charge in [-0.05, 0) is 42.8 Å². The maximum absolute atomic E-state index is 12.3. The first-order valence-electron chi connectivity index (χ1n) is 8.49. The Bertz CT molecular complexity index is 726. The molecule has 134 valence electrons. The average Bonchev–Trinajstić information content (AvgIpc) is 2.68. The third-order valence-electron chi connectivity index (χ3n) is 4.63. The molecule has 3 aromatic rings. The summed E-state index contributed by atoms with van der Waals surface area (Å²) in [6, 6.07) is 30.5. The molecule has 0 amide bonds. The minimum atomic E-state index is -2.32. The summed E-state index contributed by atoms with van der Waals surface area (Å²) in [5, 5.41) is 13.5. The molecule has 1 N–H and O–H groups in total. The van der Waals surface area contributed by atoms with Crippen LogP contribution in [-0.2, 0) is 4.79 Å². The van der Waals surface area contributed by atoms with E-state index in [1.54, 1.807) is 0 Å². The smallest absolute Gasteiger partial charge is 0.345 e. The summed E-state index contributed by atoms with van der Waals surface area (Å²) in [5.74, 6) is -0.729. The van der Waals surface area contributed by atoms with E-state index in [4.69, 9.17) is 0 Å². The van der Waals surface area contributed by atoms with Gasteiger partial charge in [-0.2, -0.15) is 0 Å². The predicted molar refractivity (Wildman–Crippen MR) is 107 cm³/mol. The average molecular weight is 476 g/mol. The van der Waals surface area contributed by atoms with Crippen LogP contribution in [0.3, 0.4) is 0 Å². The lowest BCUT2D eigenvalue weighted by Crippen LogP contribution is -3.00. The molecule has 0 aromatic heterocycles. The maximum Gasteiger partial charge on any atom is 0.345 e. The zero-order valence-electron chi connectivity index (χ0n) is 14.6. The third-order valence-corrected chi connectivity index (χ3v) is 9.49. The summed E-state index contributed by atoms with van der Waals surface area (Å²) in [4.78, 5) is 12.3. The molecule has 26 heavy (non-hydrogen) atoms. The maximum atomic E-state index is 12.3. The van der Waals surface area contributed by atoms with Crippen molar-refractivity contribution in [3.05, 3.63) is 91.0 Å². The lowest BCUT2D eigenvalue weighted by atomic mass is 10.3. The van der Waals surface area contributed by atoms with Gasteiger partial charge in [0.15, 0.2) is 5.66 Å². The van der Waals surface area contributed by atoms with Gasteiger partial charge < -0.3 is 29.1 Å². The summed E-state index contributed by atoms with van der Waals surface area (Å²) in [6.07, 6.45) is 0.585. The molecule has 4 heteroatoms. The second-order valence-corrected chi connectivity index (χ2v) is 9.61.